The number of hydrogen-bond acceptors (Lipinski definition) is 18. The van der Waals surface area contributed by atoms with Crippen molar-refractivity contribution < 1.29 is 155 Å². The second-order valence-corrected chi connectivity index (χ2v) is 31.6. The molecule has 5 saturated heterocycles. The van der Waals surface area contributed by atoms with E-state index < -0.39 is 104 Å². The van der Waals surface area contributed by atoms with Crippen molar-refractivity contribution in [3.8, 4) is 284 Å². The summed E-state index contributed by atoms with van der Waals surface area (Å²) in [6.07, 6.45) is 17.5. The average Bonchev–Trinajstić information content (AvgIpc) is 1.64. The number of aliphatic hydroxyl groups is 4. The topological polar surface area (TPSA) is 226 Å². The molecule has 780 valence electrons. The van der Waals surface area contributed by atoms with Gasteiger partial charge in [0.2, 0.25) is 0 Å². The van der Waals surface area contributed by atoms with Crippen LogP contribution < -0.4 is 0 Å². The molecule has 5 aliphatic heterocycles. The molecule has 18 heteroatoms. The average molecular weight is 1880 g/mol. The summed E-state index contributed by atoms with van der Waals surface area (Å²) in [6, 6.07) is 9.90. The third kappa shape index (κ3) is 49.2. The van der Waals surface area contributed by atoms with E-state index in [0.717, 1.165) is 44.1 Å². The summed E-state index contributed by atoms with van der Waals surface area (Å²) in [6.45, 7) is 18.7. The van der Waals surface area contributed by atoms with Crippen molar-refractivity contribution in [2.75, 3.05) is 26.4 Å². The van der Waals surface area contributed by atoms with E-state index in [2.05, 4.69) is 312 Å². The van der Waals surface area contributed by atoms with Crippen molar-refractivity contribution in [2.24, 2.45) is 11.8 Å². The number of aliphatic hydroxyl groups excluding tert-OH is 4. The van der Waals surface area contributed by atoms with Crippen LogP contribution in [0, 0.1) is 296 Å². The highest BCUT2D eigenvalue weighted by Crippen LogP contribution is 2.41. The van der Waals surface area contributed by atoms with Gasteiger partial charge in [-0.2, -0.15) is 0 Å². The van der Waals surface area contributed by atoms with Crippen LogP contribution in [0.5, 0.6) is 0 Å². The normalized spacial score (nSPS) is 21.5. The predicted octanol–water partition coefficient (Wildman–Crippen LogP) is 23.9. The van der Waals surface area contributed by atoms with E-state index in [1.54, 1.807) is 27.7 Å². The van der Waals surface area contributed by atoms with Gasteiger partial charge < -0.3 is 77.3 Å². The Morgan fingerprint density at radius 1 is 0.376 bits per heavy atom. The van der Waals surface area contributed by atoms with Crippen LogP contribution in [0.15, 0.2) is 30.3 Å². The molecule has 1 aromatic rings. The molecule has 5 aliphatic rings. The van der Waals surface area contributed by atoms with Crippen molar-refractivity contribution in [1.29, 1.82) is 0 Å². The Bertz CT molecular complexity index is 5790. The fourth-order valence-electron chi connectivity index (χ4n) is 14.0. The van der Waals surface area contributed by atoms with Crippen LogP contribution in [0.4, 0.5) is 0 Å². The summed E-state index contributed by atoms with van der Waals surface area (Å²) in [4.78, 5) is 26.2. The van der Waals surface area contributed by atoms with Crippen molar-refractivity contribution in [3.63, 3.8) is 0 Å². The molecule has 0 saturated carbocycles. The van der Waals surface area contributed by atoms with Gasteiger partial charge in [-0.15, -0.1) is 0 Å². The van der Waals surface area contributed by atoms with E-state index in [-0.39, 0.29) is 112 Å². The number of carbonyl (C=O) groups excluding carboxylic acids is 2. The maximum absolute atomic E-state index is 13.3. The number of rotatable bonds is 38. The van der Waals surface area contributed by atoms with Gasteiger partial charge in [0.25, 0.3) is 0 Å². The molecular weight excluding hydrogens is 1670 g/mol. The highest BCUT2D eigenvalue weighted by atomic mass is 16.8. The van der Waals surface area contributed by atoms with E-state index in [0.29, 0.717) is 13.0 Å². The van der Waals surface area contributed by atoms with Gasteiger partial charge in [0.15, 0.2) is 42.7 Å². The Morgan fingerprint density at radius 3 is 1.01 bits per heavy atom. The zero-order valence-electron chi connectivity index (χ0n) is 77.9. The second kappa shape index (κ2) is 69.9. The Balaban J connectivity index is -0.0000000391. The van der Waals surface area contributed by atoms with Crippen LogP contribution in [0.3, 0.4) is 0 Å². The van der Waals surface area contributed by atoms with E-state index in [4.69, 9.17) is 56.8 Å². The number of hydrogen-bond donors (Lipinski definition) is 4. The Hall–Kier alpha value is -13.0. The molecule has 11 unspecified atom stereocenters. The number of unbranched alkanes of at least 4 members (excludes halogenated alkanes) is 22. The lowest BCUT2D eigenvalue weighted by atomic mass is 9.84. The maximum atomic E-state index is 13.3. The molecule has 17 atom stereocenters. The van der Waals surface area contributed by atoms with E-state index in [1.165, 1.54) is 122 Å². The zero-order valence-corrected chi connectivity index (χ0v) is 77.9. The first kappa shape index (κ1) is 111. The van der Waals surface area contributed by atoms with Crippen LogP contribution in [-0.4, -0.2) is 156 Å². The minimum atomic E-state index is -1.65. The zero-order chi connectivity index (χ0) is 95.7. The van der Waals surface area contributed by atoms with Gasteiger partial charge in [-0.05, 0) is 250 Å². The molecule has 6 rings (SSSR count). The lowest BCUT2D eigenvalue weighted by molar-refractivity contribution is -0.344. The summed E-state index contributed by atoms with van der Waals surface area (Å²) in [5.41, 5.74) is 0.961. The number of benzene rings is 1. The molecule has 18 nitrogen and oxygen atoms in total. The molecule has 5 heterocycles. The molecule has 0 spiro atoms. The van der Waals surface area contributed by atoms with Crippen LogP contribution in [0.25, 0.3) is 0 Å². The van der Waals surface area contributed by atoms with Crippen LogP contribution >= 0.6 is 0 Å². The minimum absolute atomic E-state index is 0. The lowest BCUT2D eigenvalue weighted by Gasteiger charge is -2.48. The lowest BCUT2D eigenvalue weighted by Crippen LogP contribution is -2.59. The molecule has 133 heavy (non-hydrogen) atoms. The van der Waals surface area contributed by atoms with Gasteiger partial charge in [-0.1, -0.05) is 224 Å². The molecule has 0 aromatic heterocycles. The molecule has 1 aromatic carbocycles. The highest BCUT2D eigenvalue weighted by Gasteiger charge is 2.51. The quantitative estimate of drug-likeness (QED) is 0.0209. The SMILES string of the molecule is CC#CC#CC#CC#CC#CC#CC#CC#CC#CC#CC#CC#CC(=O)O[C@@H](COC1OC(CO)C(O)C(O)C1O)[C@@H]1OC(C)(C)O[C@@H]1CCCCCCCCCCCCCC.CC#CC#CC#CC#CC#CC#CC#CC#CC#CC#CC#CC#CC(=O)O[C@@H](COC1OC2COC(c3ccccc3)OC2C(C)C1C)[C@@H]1OC(C)(C)O[C@@H]1CCCCCCCCCCCCCC.[HH].[HH].[HH].[HH].[HH].[HH].[HH].[HH].[HH].[HH].[HH].[HH].[HH].[HH].[HH].[HH].[HH].[HH].[HH].[HH].[HH].[HH].[HH].[HH].[HH].[HH].[HH].[HH].[HH].[HH].[HH].[HH].[HH].[HH].[HH].[HH].[HH].[HH].[HH].[HH].[HH].[HH].[HH].[HH].[HH].[HH].[HH].[HH]. The third-order valence-electron chi connectivity index (χ3n) is 20.5. The van der Waals surface area contributed by atoms with E-state index in [1.807, 2.05) is 44.2 Å². The standard InChI is InChI=1S/C62H62O8.C53H54O10.48H2/c1-7-9-11-13-15-17-19-21-22-23-24-25-26-27-28-29-30-31-33-35-37-39-44-48-57(63)66-56(59-54(69-62(5,6)70-59)47-43-38-36-34-32-20-18-16-14-12-10-8-2)50-64-60-52(4)51(3)58-55(67-60)49-65-61(68-58)53-45-41-40-42-46-53;1-5-7-9-11-13-15-17-19-20-21-22-23-24-25-26-27-28-29-31-33-35-37-39-41-47(55)60-46(43-59-52-50(58)49(57)48(56)45(42-54)61-52)51-44(62-53(3,4)63-51)40-38-36-34-32-30-18-16-14-12-10-8-6-2;;;;;;;;;;;;;;;;;;;;;;;;;;;;;;;;;;;;;;;;;;;;;;;;/h40-42,45-46,51-52,54-56,58-61H,8,10,12,14,16,18,20,32,34,36,38,43,47,49-50H2,1-6H3;44-46,48-52,54,56-58H,6,8,10,12,14,16,18,30,32,34,36,38,40,42-43H2,1-4H3;48*1H/t51?,52?,54-,55?,56+,58?,59-,60?,61?;44-,45?,46+,48?,49?,50?,51-,52?;;;;;;;;;;;;;;;;;;;;;;;;;;;;;;;;;;;;;;;;;;;;;;;;/m11................................................/s1. The van der Waals surface area contributed by atoms with Gasteiger partial charge in [-0.3, -0.25) is 0 Å². The van der Waals surface area contributed by atoms with Gasteiger partial charge in [-0.25, -0.2) is 9.59 Å². The minimum Gasteiger partial charge on any atom is -0.447 e. The first-order valence-electron chi connectivity index (χ1n) is 45.3. The van der Waals surface area contributed by atoms with Crippen molar-refractivity contribution in [3.05, 3.63) is 35.9 Å². The van der Waals surface area contributed by atoms with Gasteiger partial charge in [0.1, 0.15) is 42.7 Å². The summed E-state index contributed by atoms with van der Waals surface area (Å²) >= 11 is 0. The molecular formula is C115H212O18. The van der Waals surface area contributed by atoms with Crippen LogP contribution in [-0.2, 0) is 66.4 Å². The molecule has 0 radical (unpaired) electrons. The molecule has 5 fully saturated rings. The monoisotopic (exact) mass is 1880 g/mol. The molecule has 0 aliphatic carbocycles. The van der Waals surface area contributed by atoms with Crippen molar-refractivity contribution in [2.45, 2.75) is 340 Å². The van der Waals surface area contributed by atoms with E-state index >= 15 is 0 Å². The van der Waals surface area contributed by atoms with Crippen molar-refractivity contribution >= 4 is 11.9 Å². The number of ether oxygens (including phenoxy) is 12. The third-order valence-corrected chi connectivity index (χ3v) is 20.5. The Labute approximate surface area is 863 Å². The second-order valence-electron chi connectivity index (χ2n) is 31.6. The molecule has 4 N–H and O–H groups in total. The molecule has 0 amide bonds. The summed E-state index contributed by atoms with van der Waals surface area (Å²) in [7, 11) is 0. The summed E-state index contributed by atoms with van der Waals surface area (Å²) in [5, 5.41) is 40.6. The number of carbonyl (C=O) groups is 2. The highest BCUT2D eigenvalue weighted by molar-refractivity contribution is 5.89. The maximum Gasteiger partial charge on any atom is 0.385 e. The summed E-state index contributed by atoms with van der Waals surface area (Å²) < 4.78 is 73.9. The fraction of sp³-hybridized carbons (Fsp3) is 0.513. The van der Waals surface area contributed by atoms with Crippen LogP contribution in [0.1, 0.15) is 317 Å². The number of esters is 2. The Kier molecular flexibility index (Phi) is 58.1. The van der Waals surface area contributed by atoms with Crippen molar-refractivity contribution in [1.82, 2.24) is 0 Å². The Morgan fingerprint density at radius 2 is 0.684 bits per heavy atom. The smallest absolute Gasteiger partial charge is 0.385 e. The fourth-order valence-corrected chi connectivity index (χ4v) is 14.0. The van der Waals surface area contributed by atoms with Gasteiger partial charge >= 0.3 is 11.9 Å². The van der Waals surface area contributed by atoms with Gasteiger partial charge in [0, 0.05) is 163 Å². The van der Waals surface area contributed by atoms with Gasteiger partial charge in [0.05, 0.1) is 44.7 Å². The van der Waals surface area contributed by atoms with Crippen LogP contribution in [0.2, 0.25) is 0 Å². The molecule has 0 bridgehead atoms. The predicted molar refractivity (Wildman–Crippen MR) is 611 cm³/mol. The van der Waals surface area contributed by atoms with E-state index in [9.17, 15) is 30.0 Å². The largest absolute Gasteiger partial charge is 0.447 e. The first-order valence-corrected chi connectivity index (χ1v) is 45.3. The number of fused-ring (bicyclic) bond motifs is 1. The first-order chi connectivity index (χ1) is 64.8. The summed E-state index contributed by atoms with van der Waals surface area (Å²) in [5.74, 6) is 117.